The first-order chi connectivity index (χ1) is 12.5. The van der Waals surface area contributed by atoms with Gasteiger partial charge >= 0.3 is 6.09 Å². The van der Waals surface area contributed by atoms with Gasteiger partial charge in [-0.1, -0.05) is 12.1 Å². The van der Waals surface area contributed by atoms with Crippen molar-refractivity contribution < 1.29 is 14.3 Å². The van der Waals surface area contributed by atoms with Crippen LogP contribution in [-0.2, 0) is 0 Å². The van der Waals surface area contributed by atoms with Gasteiger partial charge < -0.3 is 10.0 Å². The standard InChI is InChI=1S/C19H23FN4O2/c1-3-6-23-10-14-11-24(19(25)26)8-7-22(14)12-18(23)15-4-5-17(20)16(9-21)13(15)2/h3-5,14,18H,1,6-8,10-12H2,2H3,(H,25,26). The minimum absolute atomic E-state index is 0.0216. The van der Waals surface area contributed by atoms with Crippen LogP contribution in [-0.4, -0.2) is 71.2 Å². The molecule has 0 saturated carbocycles. The summed E-state index contributed by atoms with van der Waals surface area (Å²) in [5.74, 6) is -0.493. The fourth-order valence-corrected chi connectivity index (χ4v) is 4.07. The molecule has 2 atom stereocenters. The van der Waals surface area contributed by atoms with Gasteiger partial charge in [0.15, 0.2) is 0 Å². The van der Waals surface area contributed by atoms with E-state index in [4.69, 9.17) is 0 Å². The third-order valence-electron chi connectivity index (χ3n) is 5.46. The fraction of sp³-hybridized carbons (Fsp3) is 0.474. The molecule has 0 aliphatic carbocycles. The van der Waals surface area contributed by atoms with Crippen molar-refractivity contribution in [2.24, 2.45) is 0 Å². The Hall–Kier alpha value is -2.43. The van der Waals surface area contributed by atoms with E-state index < -0.39 is 11.9 Å². The van der Waals surface area contributed by atoms with Crippen LogP contribution < -0.4 is 0 Å². The molecule has 1 amide bonds. The highest BCUT2D eigenvalue weighted by atomic mass is 19.1. The summed E-state index contributed by atoms with van der Waals surface area (Å²) in [7, 11) is 0. The number of nitrogens with zero attached hydrogens (tertiary/aromatic N) is 4. The van der Waals surface area contributed by atoms with Crippen LogP contribution in [0.25, 0.3) is 0 Å². The summed E-state index contributed by atoms with van der Waals surface area (Å²) < 4.78 is 13.9. The van der Waals surface area contributed by atoms with Crippen molar-refractivity contribution in [3.63, 3.8) is 0 Å². The summed E-state index contributed by atoms with van der Waals surface area (Å²) in [6.07, 6.45) is 0.944. The van der Waals surface area contributed by atoms with Crippen LogP contribution in [0.4, 0.5) is 9.18 Å². The van der Waals surface area contributed by atoms with Gasteiger partial charge in [0, 0.05) is 51.4 Å². The van der Waals surface area contributed by atoms with Crippen molar-refractivity contribution in [2.45, 2.75) is 19.0 Å². The van der Waals surface area contributed by atoms with Crippen LogP contribution in [0.5, 0.6) is 0 Å². The zero-order valence-corrected chi connectivity index (χ0v) is 14.9. The molecule has 26 heavy (non-hydrogen) atoms. The maximum Gasteiger partial charge on any atom is 0.407 e. The second-order valence-corrected chi connectivity index (χ2v) is 6.88. The lowest BCUT2D eigenvalue weighted by Gasteiger charge is -2.50. The van der Waals surface area contributed by atoms with Gasteiger partial charge in [-0.05, 0) is 24.1 Å². The number of carboxylic acid groups (broad SMARTS) is 1. The number of rotatable bonds is 3. The zero-order valence-electron chi connectivity index (χ0n) is 14.9. The zero-order chi connectivity index (χ0) is 18.8. The van der Waals surface area contributed by atoms with E-state index in [-0.39, 0.29) is 17.6 Å². The molecular weight excluding hydrogens is 335 g/mol. The van der Waals surface area contributed by atoms with E-state index in [0.717, 1.165) is 12.1 Å². The molecule has 6 nitrogen and oxygen atoms in total. The first-order valence-electron chi connectivity index (χ1n) is 8.72. The maximum absolute atomic E-state index is 13.9. The van der Waals surface area contributed by atoms with Gasteiger partial charge in [-0.2, -0.15) is 5.26 Å². The van der Waals surface area contributed by atoms with Crippen molar-refractivity contribution in [1.82, 2.24) is 14.7 Å². The minimum atomic E-state index is -0.880. The maximum atomic E-state index is 13.9. The molecule has 1 aromatic carbocycles. The third kappa shape index (κ3) is 3.30. The minimum Gasteiger partial charge on any atom is -0.465 e. The number of fused-ring (bicyclic) bond motifs is 1. The molecule has 2 saturated heterocycles. The summed E-state index contributed by atoms with van der Waals surface area (Å²) >= 11 is 0. The number of nitriles is 1. The second kappa shape index (κ2) is 7.44. The third-order valence-corrected chi connectivity index (χ3v) is 5.46. The van der Waals surface area contributed by atoms with E-state index in [1.165, 1.54) is 11.0 Å². The molecule has 0 aromatic heterocycles. The van der Waals surface area contributed by atoms with Crippen LogP contribution in [0.2, 0.25) is 0 Å². The Morgan fingerprint density at radius 1 is 1.42 bits per heavy atom. The second-order valence-electron chi connectivity index (χ2n) is 6.88. The van der Waals surface area contributed by atoms with E-state index in [1.54, 1.807) is 13.0 Å². The molecule has 3 rings (SSSR count). The Balaban J connectivity index is 1.90. The quantitative estimate of drug-likeness (QED) is 0.839. The summed E-state index contributed by atoms with van der Waals surface area (Å²) in [5, 5.41) is 18.5. The first-order valence-corrected chi connectivity index (χ1v) is 8.72. The van der Waals surface area contributed by atoms with Gasteiger partial charge in [0.1, 0.15) is 11.9 Å². The monoisotopic (exact) mass is 358 g/mol. The van der Waals surface area contributed by atoms with Gasteiger partial charge in [0.05, 0.1) is 5.56 Å². The van der Waals surface area contributed by atoms with Gasteiger partial charge in [0.2, 0.25) is 0 Å². The van der Waals surface area contributed by atoms with Crippen molar-refractivity contribution in [3.05, 3.63) is 47.3 Å². The van der Waals surface area contributed by atoms with E-state index in [0.29, 0.717) is 38.3 Å². The molecule has 7 heteroatoms. The molecule has 0 spiro atoms. The molecule has 0 bridgehead atoms. The average molecular weight is 358 g/mol. The normalized spacial score (nSPS) is 24.0. The number of carbonyl (C=O) groups is 1. The Bertz CT molecular complexity index is 761. The molecule has 0 radical (unpaired) electrons. The van der Waals surface area contributed by atoms with Crippen LogP contribution in [0, 0.1) is 24.1 Å². The Kier molecular flexibility index (Phi) is 5.25. The Labute approximate surface area is 152 Å². The molecule has 138 valence electrons. The average Bonchev–Trinajstić information content (AvgIpc) is 2.61. The number of benzene rings is 1. The number of hydrogen-bond donors (Lipinski definition) is 1. The lowest BCUT2D eigenvalue weighted by Crippen LogP contribution is -2.63. The smallest absolute Gasteiger partial charge is 0.407 e. The topological polar surface area (TPSA) is 70.8 Å². The van der Waals surface area contributed by atoms with E-state index >= 15 is 0 Å². The van der Waals surface area contributed by atoms with Crippen molar-refractivity contribution in [1.29, 1.82) is 5.26 Å². The van der Waals surface area contributed by atoms with Crippen LogP contribution in [0.1, 0.15) is 22.7 Å². The highest BCUT2D eigenvalue weighted by molar-refractivity contribution is 5.65. The highest BCUT2D eigenvalue weighted by Gasteiger charge is 2.39. The molecule has 2 aliphatic rings. The molecular formula is C19H23FN4O2. The van der Waals surface area contributed by atoms with E-state index in [1.807, 2.05) is 12.1 Å². The predicted molar refractivity (Wildman–Crippen MR) is 95.3 cm³/mol. The predicted octanol–water partition coefficient (Wildman–Crippen LogP) is 2.21. The summed E-state index contributed by atoms with van der Waals surface area (Å²) in [4.78, 5) is 17.3. The summed E-state index contributed by atoms with van der Waals surface area (Å²) in [6, 6.07) is 5.25. The number of amides is 1. The van der Waals surface area contributed by atoms with Crippen LogP contribution >= 0.6 is 0 Å². The highest BCUT2D eigenvalue weighted by Crippen LogP contribution is 2.33. The molecule has 2 heterocycles. The summed E-state index contributed by atoms with van der Waals surface area (Å²) in [5.41, 5.74) is 1.72. The molecule has 2 aliphatic heterocycles. The van der Waals surface area contributed by atoms with Gasteiger partial charge in [-0.25, -0.2) is 9.18 Å². The SMILES string of the molecule is C=CCN1CC2CN(C(=O)O)CCN2CC1c1ccc(F)c(C#N)c1C. The van der Waals surface area contributed by atoms with E-state index in [9.17, 15) is 19.6 Å². The van der Waals surface area contributed by atoms with Crippen molar-refractivity contribution >= 4 is 6.09 Å². The number of hydrogen-bond acceptors (Lipinski definition) is 4. The van der Waals surface area contributed by atoms with Crippen LogP contribution in [0.3, 0.4) is 0 Å². The fourth-order valence-electron chi connectivity index (χ4n) is 4.07. The molecule has 2 fully saturated rings. The largest absolute Gasteiger partial charge is 0.465 e. The van der Waals surface area contributed by atoms with E-state index in [2.05, 4.69) is 16.4 Å². The van der Waals surface area contributed by atoms with Gasteiger partial charge in [0.25, 0.3) is 0 Å². The summed E-state index contributed by atoms with van der Waals surface area (Å²) in [6.45, 7) is 9.36. The van der Waals surface area contributed by atoms with Gasteiger partial charge in [-0.3, -0.25) is 9.80 Å². The Morgan fingerprint density at radius 2 is 2.19 bits per heavy atom. The van der Waals surface area contributed by atoms with Crippen molar-refractivity contribution in [3.8, 4) is 6.07 Å². The van der Waals surface area contributed by atoms with Gasteiger partial charge in [-0.15, -0.1) is 6.58 Å². The first kappa shape index (κ1) is 18.4. The molecule has 2 unspecified atom stereocenters. The lowest BCUT2D eigenvalue weighted by molar-refractivity contribution is -0.0103. The molecule has 1 aromatic rings. The van der Waals surface area contributed by atoms with Crippen molar-refractivity contribution in [2.75, 3.05) is 39.3 Å². The Morgan fingerprint density at radius 3 is 2.85 bits per heavy atom. The lowest BCUT2D eigenvalue weighted by atomic mass is 9.92. The molecule has 1 N–H and O–H groups in total. The number of halogens is 1. The number of piperazine rings is 2. The van der Waals surface area contributed by atoms with Crippen LogP contribution in [0.15, 0.2) is 24.8 Å².